The van der Waals surface area contributed by atoms with E-state index >= 15 is 0 Å². The van der Waals surface area contributed by atoms with Gasteiger partial charge < -0.3 is 15.4 Å². The third-order valence-corrected chi connectivity index (χ3v) is 2.67. The summed E-state index contributed by atoms with van der Waals surface area (Å²) in [6, 6.07) is 4.47. The number of ether oxygens (including phenoxy) is 1. The van der Waals surface area contributed by atoms with Gasteiger partial charge in [-0.1, -0.05) is 0 Å². The number of anilines is 1. The molecule has 0 fully saturated rings. The van der Waals surface area contributed by atoms with Crippen molar-refractivity contribution in [2.24, 2.45) is 0 Å². The standard InChI is InChI=1S/C14H19FN6O2/c1-14(2,3)23-13(22)17-7-6-16-12-8-10(4-5-11(12)15)21-9-18-19-20-21/h4-5,8-9,16H,6-7H2,1-3H3,(H,17,22). The molecule has 2 aromatic rings. The van der Waals surface area contributed by atoms with Crippen molar-refractivity contribution in [1.29, 1.82) is 0 Å². The van der Waals surface area contributed by atoms with Gasteiger partial charge in [-0.25, -0.2) is 13.9 Å². The van der Waals surface area contributed by atoms with Crippen LogP contribution in [0.4, 0.5) is 14.9 Å². The number of halogens is 1. The summed E-state index contributed by atoms with van der Waals surface area (Å²) >= 11 is 0. The van der Waals surface area contributed by atoms with Crippen molar-refractivity contribution in [3.63, 3.8) is 0 Å². The van der Waals surface area contributed by atoms with Gasteiger partial charge in [-0.3, -0.25) is 0 Å². The Labute approximate surface area is 133 Å². The van der Waals surface area contributed by atoms with Crippen LogP contribution < -0.4 is 10.6 Å². The zero-order valence-corrected chi connectivity index (χ0v) is 13.2. The molecule has 23 heavy (non-hydrogen) atoms. The predicted octanol–water partition coefficient (Wildman–Crippen LogP) is 1.74. The molecule has 0 aliphatic heterocycles. The third-order valence-electron chi connectivity index (χ3n) is 2.67. The molecule has 0 atom stereocenters. The molecule has 0 aliphatic carbocycles. The van der Waals surface area contributed by atoms with Gasteiger partial charge in [-0.2, -0.15) is 0 Å². The molecule has 0 saturated heterocycles. The normalized spacial score (nSPS) is 11.1. The van der Waals surface area contributed by atoms with Gasteiger partial charge in [0, 0.05) is 13.1 Å². The minimum absolute atomic E-state index is 0.295. The zero-order valence-electron chi connectivity index (χ0n) is 13.2. The number of nitrogens with zero attached hydrogens (tertiary/aromatic N) is 4. The Morgan fingerprint density at radius 1 is 1.35 bits per heavy atom. The number of nitrogens with one attached hydrogen (secondary N) is 2. The van der Waals surface area contributed by atoms with Gasteiger partial charge in [0.15, 0.2) is 0 Å². The van der Waals surface area contributed by atoms with Crippen molar-refractivity contribution >= 4 is 11.8 Å². The minimum Gasteiger partial charge on any atom is -0.444 e. The SMILES string of the molecule is CC(C)(C)OC(=O)NCCNc1cc(-n2cnnn2)ccc1F. The Balaban J connectivity index is 1.86. The summed E-state index contributed by atoms with van der Waals surface area (Å²) in [5.74, 6) is -0.404. The largest absolute Gasteiger partial charge is 0.444 e. The van der Waals surface area contributed by atoms with E-state index in [1.54, 1.807) is 32.9 Å². The van der Waals surface area contributed by atoms with Crippen molar-refractivity contribution in [2.45, 2.75) is 26.4 Å². The van der Waals surface area contributed by atoms with Crippen LogP contribution in [-0.4, -0.2) is 45.0 Å². The molecule has 0 saturated carbocycles. The molecule has 124 valence electrons. The second-order valence-corrected chi connectivity index (χ2v) is 5.77. The van der Waals surface area contributed by atoms with Crippen LogP contribution in [0, 0.1) is 5.82 Å². The Morgan fingerprint density at radius 3 is 2.78 bits per heavy atom. The molecule has 0 radical (unpaired) electrons. The van der Waals surface area contributed by atoms with Crippen LogP contribution in [-0.2, 0) is 4.74 Å². The second kappa shape index (κ2) is 7.03. The highest BCUT2D eigenvalue weighted by Gasteiger charge is 2.15. The van der Waals surface area contributed by atoms with Crippen molar-refractivity contribution in [1.82, 2.24) is 25.5 Å². The highest BCUT2D eigenvalue weighted by atomic mass is 19.1. The third kappa shape index (κ3) is 5.20. The maximum atomic E-state index is 13.8. The first-order chi connectivity index (χ1) is 10.8. The van der Waals surface area contributed by atoms with Gasteiger partial charge in [0.1, 0.15) is 17.7 Å². The van der Waals surface area contributed by atoms with E-state index in [9.17, 15) is 9.18 Å². The van der Waals surface area contributed by atoms with Crippen LogP contribution in [0.5, 0.6) is 0 Å². The summed E-state index contributed by atoms with van der Waals surface area (Å²) in [4.78, 5) is 11.5. The van der Waals surface area contributed by atoms with Gasteiger partial charge in [0.2, 0.25) is 0 Å². The number of tetrazole rings is 1. The van der Waals surface area contributed by atoms with Gasteiger partial charge >= 0.3 is 6.09 Å². The number of amides is 1. The van der Waals surface area contributed by atoms with Gasteiger partial charge in [0.25, 0.3) is 0 Å². The van der Waals surface area contributed by atoms with E-state index in [4.69, 9.17) is 4.74 Å². The molecule has 1 aromatic carbocycles. The van der Waals surface area contributed by atoms with E-state index in [1.165, 1.54) is 17.1 Å². The van der Waals surface area contributed by atoms with Gasteiger partial charge in [-0.05, 0) is 49.4 Å². The van der Waals surface area contributed by atoms with Crippen LogP contribution in [0.15, 0.2) is 24.5 Å². The van der Waals surface area contributed by atoms with Crippen LogP contribution in [0.2, 0.25) is 0 Å². The minimum atomic E-state index is -0.552. The molecule has 1 amide bonds. The van der Waals surface area contributed by atoms with Crippen molar-refractivity contribution < 1.29 is 13.9 Å². The summed E-state index contributed by atoms with van der Waals surface area (Å²) in [5.41, 5.74) is 0.368. The predicted molar refractivity (Wildman–Crippen MR) is 81.8 cm³/mol. The van der Waals surface area contributed by atoms with Crippen molar-refractivity contribution in [3.8, 4) is 5.69 Å². The smallest absolute Gasteiger partial charge is 0.407 e. The fraction of sp³-hybridized carbons (Fsp3) is 0.429. The fourth-order valence-corrected chi connectivity index (χ4v) is 1.75. The monoisotopic (exact) mass is 322 g/mol. The maximum absolute atomic E-state index is 13.8. The molecular weight excluding hydrogens is 303 g/mol. The number of hydrogen-bond donors (Lipinski definition) is 2. The lowest BCUT2D eigenvalue weighted by Gasteiger charge is -2.19. The molecule has 8 nitrogen and oxygen atoms in total. The van der Waals surface area contributed by atoms with Crippen molar-refractivity contribution in [3.05, 3.63) is 30.3 Å². The number of alkyl carbamates (subject to hydrolysis) is 1. The Morgan fingerprint density at radius 2 is 2.13 bits per heavy atom. The molecule has 2 N–H and O–H groups in total. The fourth-order valence-electron chi connectivity index (χ4n) is 1.75. The number of carbonyl (C=O) groups excluding carboxylic acids is 1. The Bertz CT molecular complexity index is 654. The quantitative estimate of drug-likeness (QED) is 0.814. The zero-order chi connectivity index (χ0) is 16.9. The maximum Gasteiger partial charge on any atom is 0.407 e. The molecule has 1 heterocycles. The highest BCUT2D eigenvalue weighted by molar-refractivity contribution is 5.67. The summed E-state index contributed by atoms with van der Waals surface area (Å²) < 4.78 is 20.3. The second-order valence-electron chi connectivity index (χ2n) is 5.77. The number of carbonyl (C=O) groups is 1. The average molecular weight is 322 g/mol. The molecule has 1 aromatic heterocycles. The lowest BCUT2D eigenvalue weighted by Crippen LogP contribution is -2.35. The molecular formula is C14H19FN6O2. The van der Waals surface area contributed by atoms with Crippen LogP contribution >= 0.6 is 0 Å². The lowest BCUT2D eigenvalue weighted by atomic mass is 10.2. The van der Waals surface area contributed by atoms with Gasteiger partial charge in [0.05, 0.1) is 11.4 Å². The highest BCUT2D eigenvalue weighted by Crippen LogP contribution is 2.17. The first-order valence-corrected chi connectivity index (χ1v) is 7.09. The van der Waals surface area contributed by atoms with Crippen LogP contribution in [0.25, 0.3) is 5.69 Å². The topological polar surface area (TPSA) is 94.0 Å². The molecule has 9 heteroatoms. The molecule has 0 spiro atoms. The van der Waals surface area contributed by atoms with Crippen LogP contribution in [0.3, 0.4) is 0 Å². The van der Waals surface area contributed by atoms with Gasteiger partial charge in [-0.15, -0.1) is 5.10 Å². The van der Waals surface area contributed by atoms with Crippen molar-refractivity contribution in [2.75, 3.05) is 18.4 Å². The molecule has 0 aliphatic rings. The van der Waals surface area contributed by atoms with E-state index in [0.29, 0.717) is 24.5 Å². The summed E-state index contributed by atoms with van der Waals surface area (Å²) in [6.07, 6.45) is 0.906. The number of hydrogen-bond acceptors (Lipinski definition) is 6. The van der Waals surface area contributed by atoms with E-state index in [1.807, 2.05) is 0 Å². The van der Waals surface area contributed by atoms with E-state index in [2.05, 4.69) is 26.2 Å². The summed E-state index contributed by atoms with van der Waals surface area (Å²) in [6.45, 7) is 5.98. The average Bonchev–Trinajstić information content (AvgIpc) is 2.97. The molecule has 2 rings (SSSR count). The first-order valence-electron chi connectivity index (χ1n) is 7.09. The van der Waals surface area contributed by atoms with E-state index < -0.39 is 17.5 Å². The van der Waals surface area contributed by atoms with Crippen LogP contribution in [0.1, 0.15) is 20.8 Å². The number of rotatable bonds is 5. The summed E-state index contributed by atoms with van der Waals surface area (Å²) in [5, 5.41) is 16.3. The molecule has 0 bridgehead atoms. The lowest BCUT2D eigenvalue weighted by molar-refractivity contribution is 0.0530. The molecule has 0 unspecified atom stereocenters. The van der Waals surface area contributed by atoms with E-state index in [-0.39, 0.29) is 0 Å². The summed E-state index contributed by atoms with van der Waals surface area (Å²) in [7, 11) is 0. The number of benzene rings is 1. The Hall–Kier alpha value is -2.71. The number of aromatic nitrogens is 4. The first kappa shape index (κ1) is 16.7. The van der Waals surface area contributed by atoms with E-state index in [0.717, 1.165) is 0 Å². The Kier molecular flexibility index (Phi) is 5.09.